The molecule has 39 heavy (non-hydrogen) atoms. The van der Waals surface area contributed by atoms with Gasteiger partial charge in [-0.2, -0.15) is 0 Å². The van der Waals surface area contributed by atoms with Crippen molar-refractivity contribution in [3.05, 3.63) is 63.9 Å². The molecule has 12 heteroatoms. The molecule has 0 saturated heterocycles. The summed E-state index contributed by atoms with van der Waals surface area (Å²) < 4.78 is 23.1. The molecule has 10 nitrogen and oxygen atoms in total. The maximum Gasteiger partial charge on any atom is 0.328 e. The van der Waals surface area contributed by atoms with Crippen LogP contribution >= 0.6 is 23.2 Å². The van der Waals surface area contributed by atoms with E-state index in [9.17, 15) is 19.8 Å². The average Bonchev–Trinajstić information content (AvgIpc) is 3.36. The summed E-state index contributed by atoms with van der Waals surface area (Å²) in [6, 6.07) is 7.25. The molecule has 3 rings (SSSR count). The van der Waals surface area contributed by atoms with E-state index >= 15 is 0 Å². The highest BCUT2D eigenvalue weighted by atomic mass is 35.5. The number of aliphatic hydroxyl groups is 1. The van der Waals surface area contributed by atoms with Crippen molar-refractivity contribution in [2.45, 2.75) is 18.9 Å². The van der Waals surface area contributed by atoms with E-state index in [0.717, 1.165) is 12.1 Å². The van der Waals surface area contributed by atoms with Gasteiger partial charge in [0, 0.05) is 6.08 Å². The molecule has 2 aromatic carbocycles. The molecule has 212 valence electrons. The highest BCUT2D eigenvalue weighted by molar-refractivity contribution is 6.42. The molecular weight excluding hydrogens is 553 g/mol. The lowest BCUT2D eigenvalue weighted by atomic mass is 9.97. The van der Waals surface area contributed by atoms with Crippen molar-refractivity contribution < 1.29 is 48.4 Å². The third kappa shape index (κ3) is 9.07. The fourth-order valence-corrected chi connectivity index (χ4v) is 3.95. The Morgan fingerprint density at radius 1 is 1.08 bits per heavy atom. The number of aliphatic carboxylic acids is 2. The van der Waals surface area contributed by atoms with Gasteiger partial charge in [0.15, 0.2) is 11.3 Å². The first-order valence-corrected chi connectivity index (χ1v) is 12.6. The molecule has 3 aromatic rings. The molecule has 1 unspecified atom stereocenters. The van der Waals surface area contributed by atoms with Crippen LogP contribution in [-0.2, 0) is 16.0 Å². The molecule has 0 aliphatic carbocycles. The number of nitrogens with one attached hydrogen (secondary N) is 1. The quantitative estimate of drug-likeness (QED) is 0.274. The Labute approximate surface area is 235 Å². The van der Waals surface area contributed by atoms with Crippen molar-refractivity contribution in [1.82, 2.24) is 0 Å². The van der Waals surface area contributed by atoms with Crippen molar-refractivity contribution in [3.8, 4) is 17.2 Å². The van der Waals surface area contributed by atoms with Crippen molar-refractivity contribution in [2.24, 2.45) is 0 Å². The van der Waals surface area contributed by atoms with Gasteiger partial charge in [-0.1, -0.05) is 29.3 Å². The van der Waals surface area contributed by atoms with Crippen molar-refractivity contribution in [1.29, 1.82) is 0 Å². The first-order chi connectivity index (χ1) is 18.5. The Balaban J connectivity index is 0.000000580. The topological polar surface area (TPSA) is 143 Å². The number of hydrogen-bond donors (Lipinski definition) is 3. The molecule has 0 amide bonds. The molecular formula is C27H31Cl2NO9. The van der Waals surface area contributed by atoms with Gasteiger partial charge in [0.2, 0.25) is 5.75 Å². The molecule has 1 atom stereocenters. The Bertz CT molecular complexity index is 1290. The van der Waals surface area contributed by atoms with Gasteiger partial charge in [0.1, 0.15) is 18.9 Å². The van der Waals surface area contributed by atoms with Gasteiger partial charge in [0.05, 0.1) is 67.6 Å². The number of carboxylic acids is 2. The van der Waals surface area contributed by atoms with E-state index in [1.165, 1.54) is 4.90 Å². The number of fused-ring (bicyclic) bond motifs is 1. The second kappa shape index (κ2) is 15.2. The largest absolute Gasteiger partial charge is 0.545 e. The first kappa shape index (κ1) is 31.8. The zero-order valence-electron chi connectivity index (χ0n) is 22.0. The summed E-state index contributed by atoms with van der Waals surface area (Å²) in [5.74, 6) is -1.41. The summed E-state index contributed by atoms with van der Waals surface area (Å²) in [6.07, 6.45) is 2.66. The molecule has 0 aliphatic heterocycles. The average molecular weight is 584 g/mol. The van der Waals surface area contributed by atoms with E-state index in [1.54, 1.807) is 32.6 Å². The number of hydrogen-bond acceptors (Lipinski definition) is 8. The highest BCUT2D eigenvalue weighted by Gasteiger charge is 2.29. The van der Waals surface area contributed by atoms with Crippen LogP contribution in [0.15, 0.2) is 47.1 Å². The minimum absolute atomic E-state index is 0.427. The Morgan fingerprint density at radius 2 is 1.77 bits per heavy atom. The van der Waals surface area contributed by atoms with Crippen LogP contribution in [0, 0.1) is 0 Å². The zero-order valence-corrected chi connectivity index (χ0v) is 23.5. The van der Waals surface area contributed by atoms with Crippen LogP contribution in [0.1, 0.15) is 23.7 Å². The number of carbonyl (C=O) groups is 2. The summed E-state index contributed by atoms with van der Waals surface area (Å²) in [5, 5.41) is 30.1. The number of benzene rings is 2. The van der Waals surface area contributed by atoms with E-state index in [0.29, 0.717) is 75.4 Å². The van der Waals surface area contributed by atoms with Crippen LogP contribution in [0.4, 0.5) is 0 Å². The van der Waals surface area contributed by atoms with E-state index in [4.69, 9.17) is 46.9 Å². The minimum atomic E-state index is -1.51. The van der Waals surface area contributed by atoms with Gasteiger partial charge in [0.25, 0.3) is 0 Å². The van der Waals surface area contributed by atoms with E-state index in [1.807, 2.05) is 26.2 Å². The smallest absolute Gasteiger partial charge is 0.328 e. The molecule has 0 fully saturated rings. The van der Waals surface area contributed by atoms with Crippen molar-refractivity contribution in [2.75, 3.05) is 41.5 Å². The van der Waals surface area contributed by atoms with Gasteiger partial charge >= 0.3 is 5.97 Å². The number of likely N-dealkylation sites (N-methyl/N-ethyl adjacent to an activating group) is 1. The Kier molecular flexibility index (Phi) is 12.4. The van der Waals surface area contributed by atoms with Crippen LogP contribution < -0.4 is 24.2 Å². The molecule has 0 spiro atoms. The minimum Gasteiger partial charge on any atom is -0.545 e. The number of quaternary nitrogens is 1. The molecule has 1 aromatic heterocycles. The van der Waals surface area contributed by atoms with E-state index < -0.39 is 18.0 Å². The Morgan fingerprint density at radius 3 is 2.31 bits per heavy atom. The van der Waals surface area contributed by atoms with Crippen molar-refractivity contribution >= 4 is 46.1 Å². The standard InChI is InChI=1S/C23H27Cl2NO5.C4H4O4/c1-26(2)10-12-31-22-19(18(27)8-6-14-5-7-16(24)17(25)13-14)20(28-3)15-9-11-30-21(15)23(22)29-4;5-3(6)1-2-4(7)8/h5,7,9,11,13,18,27H,6,8,10,12H2,1-4H3;1-2H,(H,5,6)(H,7,8)/b;2-1-. The molecule has 0 saturated carbocycles. The molecule has 0 aliphatic rings. The summed E-state index contributed by atoms with van der Waals surface area (Å²) in [5.41, 5.74) is 2.04. The predicted octanol–water partition coefficient (Wildman–Crippen LogP) is 2.32. The summed E-state index contributed by atoms with van der Waals surface area (Å²) in [6.45, 7) is 1.22. The number of carboxylic acid groups (broad SMARTS) is 2. The summed E-state index contributed by atoms with van der Waals surface area (Å²) >= 11 is 12.1. The van der Waals surface area contributed by atoms with Crippen LogP contribution in [0.5, 0.6) is 17.2 Å². The normalized spacial score (nSPS) is 11.8. The van der Waals surface area contributed by atoms with Crippen LogP contribution in [0.25, 0.3) is 11.0 Å². The Hall–Kier alpha value is -3.44. The van der Waals surface area contributed by atoms with Crippen LogP contribution in [0.2, 0.25) is 10.0 Å². The van der Waals surface area contributed by atoms with Gasteiger partial charge in [-0.15, -0.1) is 0 Å². The highest BCUT2D eigenvalue weighted by Crippen LogP contribution is 2.49. The third-order valence-corrected chi connectivity index (χ3v) is 6.19. The molecule has 0 bridgehead atoms. The van der Waals surface area contributed by atoms with Crippen LogP contribution in [-0.4, -0.2) is 63.6 Å². The number of aryl methyl sites for hydroxylation is 1. The second-order valence-electron chi connectivity index (χ2n) is 8.57. The number of aliphatic hydroxyl groups excluding tert-OH is 1. The van der Waals surface area contributed by atoms with Crippen molar-refractivity contribution in [3.63, 3.8) is 0 Å². The maximum absolute atomic E-state index is 11.2. The fraction of sp³-hybridized carbons (Fsp3) is 0.333. The van der Waals surface area contributed by atoms with Gasteiger partial charge in [-0.05, 0) is 42.7 Å². The number of ether oxygens (including phenoxy) is 3. The fourth-order valence-electron chi connectivity index (χ4n) is 3.63. The SMILES string of the molecule is COc1c(C(O)CCc2ccc(Cl)c(Cl)c2)c(OCC[NH+](C)C)c(OC)c2occc12.O=C([O-])/C=C\C(=O)O. The molecule has 3 N–H and O–H groups in total. The van der Waals surface area contributed by atoms with E-state index in [-0.39, 0.29) is 0 Å². The number of rotatable bonds is 12. The number of halogens is 2. The summed E-state index contributed by atoms with van der Waals surface area (Å²) in [4.78, 5) is 20.2. The van der Waals surface area contributed by atoms with Crippen LogP contribution in [0.3, 0.4) is 0 Å². The number of carbonyl (C=O) groups excluding carboxylic acids is 1. The lowest BCUT2D eigenvalue weighted by molar-refractivity contribution is -0.858. The van der Waals surface area contributed by atoms with Gasteiger partial charge < -0.3 is 43.6 Å². The lowest BCUT2D eigenvalue weighted by Gasteiger charge is -2.22. The molecule has 1 heterocycles. The number of furan rings is 1. The van der Waals surface area contributed by atoms with Gasteiger partial charge in [-0.3, -0.25) is 0 Å². The van der Waals surface area contributed by atoms with E-state index in [2.05, 4.69) is 0 Å². The second-order valence-corrected chi connectivity index (χ2v) is 9.39. The maximum atomic E-state index is 11.2. The molecule has 0 radical (unpaired) electrons. The zero-order chi connectivity index (χ0) is 29.1. The first-order valence-electron chi connectivity index (χ1n) is 11.8. The lowest BCUT2D eigenvalue weighted by Crippen LogP contribution is -3.06. The van der Waals surface area contributed by atoms with Gasteiger partial charge in [-0.25, -0.2) is 4.79 Å². The third-order valence-electron chi connectivity index (χ3n) is 5.45. The summed E-state index contributed by atoms with van der Waals surface area (Å²) in [7, 11) is 7.21. The number of methoxy groups -OCH3 is 2. The predicted molar refractivity (Wildman–Crippen MR) is 144 cm³/mol. The monoisotopic (exact) mass is 583 g/mol.